The Labute approximate surface area is 173 Å². The SMILES string of the molecule is CCCCc1ncc(CN2CCC[C@@H](N3CCN(c4ccccc4F)CC3)C2)[nH]1. The van der Waals surface area contributed by atoms with E-state index in [-0.39, 0.29) is 5.82 Å². The maximum absolute atomic E-state index is 14.1. The van der Waals surface area contributed by atoms with Crippen LogP contribution in [0.5, 0.6) is 0 Å². The summed E-state index contributed by atoms with van der Waals surface area (Å²) in [4.78, 5) is 15.4. The number of rotatable bonds is 7. The molecular weight excluding hydrogens is 365 g/mol. The number of piperazine rings is 1. The highest BCUT2D eigenvalue weighted by atomic mass is 19.1. The third-order valence-corrected chi connectivity index (χ3v) is 6.35. The molecule has 29 heavy (non-hydrogen) atoms. The topological polar surface area (TPSA) is 38.4 Å². The molecule has 1 aromatic heterocycles. The van der Waals surface area contributed by atoms with Crippen molar-refractivity contribution in [2.45, 2.75) is 51.6 Å². The summed E-state index contributed by atoms with van der Waals surface area (Å²) in [7, 11) is 0. The highest BCUT2D eigenvalue weighted by Crippen LogP contribution is 2.23. The third-order valence-electron chi connectivity index (χ3n) is 6.35. The minimum absolute atomic E-state index is 0.109. The Morgan fingerprint density at radius 2 is 1.97 bits per heavy atom. The molecule has 0 amide bonds. The number of aromatic amines is 1. The molecule has 0 bridgehead atoms. The Morgan fingerprint density at radius 1 is 1.14 bits per heavy atom. The predicted octanol–water partition coefficient (Wildman–Crippen LogP) is 3.68. The van der Waals surface area contributed by atoms with Gasteiger partial charge in [0.05, 0.1) is 5.69 Å². The summed E-state index contributed by atoms with van der Waals surface area (Å²) in [6.45, 7) is 9.28. The highest BCUT2D eigenvalue weighted by Gasteiger charge is 2.28. The highest BCUT2D eigenvalue weighted by molar-refractivity contribution is 5.48. The van der Waals surface area contributed by atoms with Crippen LogP contribution >= 0.6 is 0 Å². The lowest BCUT2D eigenvalue weighted by Crippen LogP contribution is -2.55. The van der Waals surface area contributed by atoms with Gasteiger partial charge >= 0.3 is 0 Å². The van der Waals surface area contributed by atoms with Crippen LogP contribution in [0, 0.1) is 5.82 Å². The van der Waals surface area contributed by atoms with Gasteiger partial charge in [-0.1, -0.05) is 25.5 Å². The molecule has 2 aliphatic rings. The van der Waals surface area contributed by atoms with Crippen molar-refractivity contribution in [1.82, 2.24) is 19.8 Å². The zero-order valence-corrected chi connectivity index (χ0v) is 17.6. The molecule has 2 aromatic rings. The first-order chi connectivity index (χ1) is 14.2. The summed E-state index contributed by atoms with van der Waals surface area (Å²) in [5, 5.41) is 0. The Morgan fingerprint density at radius 3 is 2.76 bits per heavy atom. The summed E-state index contributed by atoms with van der Waals surface area (Å²) in [5.41, 5.74) is 1.98. The molecule has 1 aromatic carbocycles. The number of halogens is 1. The zero-order valence-electron chi connectivity index (χ0n) is 17.6. The number of anilines is 1. The minimum Gasteiger partial charge on any atom is -0.367 e. The van der Waals surface area contributed by atoms with Gasteiger partial charge in [0, 0.05) is 63.6 Å². The van der Waals surface area contributed by atoms with Crippen molar-refractivity contribution < 1.29 is 4.39 Å². The first kappa shape index (κ1) is 20.4. The van der Waals surface area contributed by atoms with E-state index in [2.05, 4.69) is 31.6 Å². The zero-order chi connectivity index (χ0) is 20.1. The van der Waals surface area contributed by atoms with Gasteiger partial charge in [-0.2, -0.15) is 0 Å². The van der Waals surface area contributed by atoms with Gasteiger partial charge in [0.25, 0.3) is 0 Å². The molecule has 0 saturated carbocycles. The standard InChI is InChI=1S/C23H34FN5/c1-2-3-10-23-25-16-19(26-23)17-27-11-6-7-20(18-27)28-12-14-29(15-13-28)22-9-5-4-8-21(22)24/h4-5,8-9,16,20H,2-3,6-7,10-15,17-18H2,1H3,(H,25,26)/t20-/m1/s1. The average molecular weight is 400 g/mol. The van der Waals surface area contributed by atoms with Gasteiger partial charge in [0.15, 0.2) is 0 Å². The maximum atomic E-state index is 14.1. The van der Waals surface area contributed by atoms with Crippen LogP contribution < -0.4 is 4.90 Å². The predicted molar refractivity (Wildman–Crippen MR) is 116 cm³/mol. The van der Waals surface area contributed by atoms with E-state index in [1.165, 1.54) is 31.4 Å². The van der Waals surface area contributed by atoms with E-state index in [0.29, 0.717) is 6.04 Å². The lowest BCUT2D eigenvalue weighted by molar-refractivity contribution is 0.0880. The Kier molecular flexibility index (Phi) is 6.82. The minimum atomic E-state index is -0.109. The molecule has 0 unspecified atom stereocenters. The second-order valence-electron chi connectivity index (χ2n) is 8.46. The monoisotopic (exact) mass is 399 g/mol. The van der Waals surface area contributed by atoms with Gasteiger partial charge in [-0.15, -0.1) is 0 Å². The van der Waals surface area contributed by atoms with Crippen molar-refractivity contribution in [3.63, 3.8) is 0 Å². The van der Waals surface area contributed by atoms with Crippen LogP contribution in [0.2, 0.25) is 0 Å². The van der Waals surface area contributed by atoms with Crippen LogP contribution in [0.4, 0.5) is 10.1 Å². The van der Waals surface area contributed by atoms with E-state index >= 15 is 0 Å². The molecular formula is C23H34FN5. The fourth-order valence-corrected chi connectivity index (χ4v) is 4.71. The van der Waals surface area contributed by atoms with Crippen molar-refractivity contribution in [2.24, 2.45) is 0 Å². The van der Waals surface area contributed by atoms with Crippen LogP contribution in [0.25, 0.3) is 0 Å². The van der Waals surface area contributed by atoms with Gasteiger partial charge in [0.1, 0.15) is 11.6 Å². The first-order valence-electron chi connectivity index (χ1n) is 11.2. The lowest BCUT2D eigenvalue weighted by atomic mass is 10.0. The summed E-state index contributed by atoms with van der Waals surface area (Å²) in [6.07, 6.45) is 7.97. The van der Waals surface area contributed by atoms with Gasteiger partial charge in [-0.05, 0) is 37.9 Å². The molecule has 3 heterocycles. The molecule has 0 spiro atoms. The number of piperidine rings is 1. The third kappa shape index (κ3) is 5.17. The van der Waals surface area contributed by atoms with Crippen LogP contribution in [-0.2, 0) is 13.0 Å². The first-order valence-corrected chi connectivity index (χ1v) is 11.2. The fraction of sp³-hybridized carbons (Fsp3) is 0.609. The number of unbranched alkanes of at least 4 members (excludes halogenated alkanes) is 1. The lowest BCUT2D eigenvalue weighted by Gasteiger charge is -2.44. The summed E-state index contributed by atoms with van der Waals surface area (Å²) < 4.78 is 14.1. The number of imidazole rings is 1. The summed E-state index contributed by atoms with van der Waals surface area (Å²) in [5.74, 6) is 1.02. The van der Waals surface area contributed by atoms with Crippen molar-refractivity contribution in [1.29, 1.82) is 0 Å². The van der Waals surface area contributed by atoms with Gasteiger partial charge in [0.2, 0.25) is 0 Å². The molecule has 2 aliphatic heterocycles. The summed E-state index contributed by atoms with van der Waals surface area (Å²) >= 11 is 0. The second-order valence-corrected chi connectivity index (χ2v) is 8.46. The molecule has 5 nitrogen and oxygen atoms in total. The molecule has 4 rings (SSSR count). The average Bonchev–Trinajstić information content (AvgIpc) is 3.20. The molecule has 6 heteroatoms. The van der Waals surface area contributed by atoms with Crippen molar-refractivity contribution in [3.8, 4) is 0 Å². The van der Waals surface area contributed by atoms with E-state index in [4.69, 9.17) is 0 Å². The normalized spacial score (nSPS) is 21.6. The smallest absolute Gasteiger partial charge is 0.146 e. The van der Waals surface area contributed by atoms with E-state index in [9.17, 15) is 4.39 Å². The van der Waals surface area contributed by atoms with Crippen LogP contribution in [0.15, 0.2) is 30.5 Å². The van der Waals surface area contributed by atoms with Crippen molar-refractivity contribution >= 4 is 5.69 Å². The molecule has 1 N–H and O–H groups in total. The number of hydrogen-bond donors (Lipinski definition) is 1. The molecule has 0 aliphatic carbocycles. The number of aryl methyl sites for hydroxylation is 1. The fourth-order valence-electron chi connectivity index (χ4n) is 4.71. The van der Waals surface area contributed by atoms with Gasteiger partial charge in [-0.25, -0.2) is 9.37 Å². The van der Waals surface area contributed by atoms with Crippen LogP contribution in [-0.4, -0.2) is 65.1 Å². The maximum Gasteiger partial charge on any atom is 0.146 e. The number of benzene rings is 1. The molecule has 0 radical (unpaired) electrons. The molecule has 1 atom stereocenters. The van der Waals surface area contributed by atoms with Gasteiger partial charge < -0.3 is 9.88 Å². The number of nitrogens with one attached hydrogen (secondary N) is 1. The van der Waals surface area contributed by atoms with E-state index in [1.54, 1.807) is 12.1 Å². The molecule has 158 valence electrons. The van der Waals surface area contributed by atoms with Crippen molar-refractivity contribution in [3.05, 3.63) is 47.8 Å². The number of nitrogens with zero attached hydrogens (tertiary/aromatic N) is 4. The number of H-pyrrole nitrogens is 1. The second kappa shape index (κ2) is 9.72. The van der Waals surface area contributed by atoms with E-state index in [1.807, 2.05) is 18.3 Å². The number of para-hydroxylation sites is 1. The largest absolute Gasteiger partial charge is 0.367 e. The number of likely N-dealkylation sites (tertiary alicyclic amines) is 1. The Hall–Kier alpha value is -1.92. The molecule has 2 saturated heterocycles. The Bertz CT molecular complexity index is 768. The Balaban J connectivity index is 1.28. The van der Waals surface area contributed by atoms with Gasteiger partial charge in [-0.3, -0.25) is 9.80 Å². The quantitative estimate of drug-likeness (QED) is 0.771. The number of aromatic nitrogens is 2. The van der Waals surface area contributed by atoms with E-state index in [0.717, 1.165) is 63.7 Å². The van der Waals surface area contributed by atoms with Crippen molar-refractivity contribution in [2.75, 3.05) is 44.2 Å². The van der Waals surface area contributed by atoms with Crippen LogP contribution in [0.1, 0.15) is 44.1 Å². The van der Waals surface area contributed by atoms with Crippen LogP contribution in [0.3, 0.4) is 0 Å². The van der Waals surface area contributed by atoms with E-state index < -0.39 is 0 Å². The summed E-state index contributed by atoms with van der Waals surface area (Å²) in [6, 6.07) is 7.75. The number of hydrogen-bond acceptors (Lipinski definition) is 4. The molecule has 2 fully saturated rings.